The molecule has 2 fully saturated rings. The van der Waals surface area contributed by atoms with E-state index in [0.29, 0.717) is 57.8 Å². The average molecular weight is 511 g/mol. The summed E-state index contributed by atoms with van der Waals surface area (Å²) in [6, 6.07) is 11.9. The van der Waals surface area contributed by atoms with Crippen molar-refractivity contribution >= 4 is 22.5 Å². The highest BCUT2D eigenvalue weighted by atomic mass is 32.1. The predicted octanol–water partition coefficient (Wildman–Crippen LogP) is 4.54. The van der Waals surface area contributed by atoms with E-state index in [-0.39, 0.29) is 23.9 Å². The smallest absolute Gasteiger partial charge is 0.323 e. The summed E-state index contributed by atoms with van der Waals surface area (Å²) in [5.41, 5.74) is 2.23. The fourth-order valence-electron chi connectivity index (χ4n) is 4.63. The first kappa shape index (κ1) is 24.2. The van der Waals surface area contributed by atoms with Crippen molar-refractivity contribution in [1.82, 2.24) is 19.8 Å². The predicted molar refractivity (Wildman–Crippen MR) is 132 cm³/mol. The van der Waals surface area contributed by atoms with Crippen LogP contribution in [0.2, 0.25) is 0 Å². The number of rotatable bonds is 4. The molecule has 2 unspecified atom stereocenters. The highest BCUT2D eigenvalue weighted by molar-refractivity contribution is 7.19. The molecular formula is C25H24F2N6O2S. The Kier molecular flexibility index (Phi) is 6.66. The fourth-order valence-corrected chi connectivity index (χ4v) is 5.60. The van der Waals surface area contributed by atoms with Gasteiger partial charge in [-0.25, -0.2) is 18.6 Å². The lowest BCUT2D eigenvalue weighted by Gasteiger charge is -2.33. The van der Waals surface area contributed by atoms with Crippen molar-refractivity contribution in [3.8, 4) is 27.8 Å². The molecule has 3 aromatic rings. The van der Waals surface area contributed by atoms with Gasteiger partial charge in [-0.1, -0.05) is 23.5 Å². The summed E-state index contributed by atoms with van der Waals surface area (Å²) in [7, 11) is 2.03. The van der Waals surface area contributed by atoms with Gasteiger partial charge in [-0.15, -0.1) is 0 Å². The number of fused-ring (bicyclic) bond motifs is 1. The lowest BCUT2D eigenvalue weighted by atomic mass is 10.0. The first-order chi connectivity index (χ1) is 17.3. The number of alkyl halides is 2. The quantitative estimate of drug-likeness (QED) is 0.554. The molecule has 0 bridgehead atoms. The Labute approximate surface area is 211 Å². The maximum atomic E-state index is 13.5. The van der Waals surface area contributed by atoms with Crippen molar-refractivity contribution in [2.45, 2.75) is 25.5 Å². The van der Waals surface area contributed by atoms with Gasteiger partial charge in [-0.3, -0.25) is 15.2 Å². The number of pyridine rings is 1. The second-order valence-corrected chi connectivity index (χ2v) is 9.90. The SMILES string of the molecule is Cc1cc(-c2sc(NC(=O)N3CC4OCCN(C)C4C3)nc2-c2cccc(C#N)c2)cc(C(F)F)n1. The lowest BCUT2D eigenvalue weighted by molar-refractivity contribution is -0.0367. The van der Waals surface area contributed by atoms with E-state index < -0.39 is 6.43 Å². The van der Waals surface area contributed by atoms with Crippen molar-refractivity contribution < 1.29 is 18.3 Å². The third-order valence-corrected chi connectivity index (χ3v) is 7.45. The normalized spacial score (nSPS) is 19.8. The molecule has 0 spiro atoms. The summed E-state index contributed by atoms with van der Waals surface area (Å²) in [5, 5.41) is 12.6. The second-order valence-electron chi connectivity index (χ2n) is 8.90. The van der Waals surface area contributed by atoms with Crippen LogP contribution in [0.25, 0.3) is 21.7 Å². The first-order valence-electron chi connectivity index (χ1n) is 11.5. The van der Waals surface area contributed by atoms with Crippen molar-refractivity contribution in [1.29, 1.82) is 5.26 Å². The number of likely N-dealkylation sites (N-methyl/N-ethyl adjacent to an activating group) is 1. The highest BCUT2D eigenvalue weighted by Crippen LogP contribution is 2.40. The molecule has 4 heterocycles. The summed E-state index contributed by atoms with van der Waals surface area (Å²) in [5.74, 6) is 0. The van der Waals surface area contributed by atoms with Gasteiger partial charge in [0.2, 0.25) is 0 Å². The molecule has 5 rings (SSSR count). The third-order valence-electron chi connectivity index (χ3n) is 6.43. The summed E-state index contributed by atoms with van der Waals surface area (Å²) < 4.78 is 32.8. The Balaban J connectivity index is 1.49. The van der Waals surface area contributed by atoms with Crippen molar-refractivity contribution in [2.75, 3.05) is 38.6 Å². The number of aromatic nitrogens is 2. The lowest BCUT2D eigenvalue weighted by Crippen LogP contribution is -2.48. The molecule has 36 heavy (non-hydrogen) atoms. The molecular weight excluding hydrogens is 486 g/mol. The summed E-state index contributed by atoms with van der Waals surface area (Å²) in [4.78, 5) is 26.2. The Hall–Kier alpha value is -3.46. The zero-order chi connectivity index (χ0) is 25.4. The molecule has 0 radical (unpaired) electrons. The number of hydrogen-bond acceptors (Lipinski definition) is 7. The Bertz CT molecular complexity index is 1340. The zero-order valence-electron chi connectivity index (χ0n) is 19.7. The van der Waals surface area contributed by atoms with E-state index in [2.05, 4.69) is 26.3 Å². The minimum Gasteiger partial charge on any atom is -0.373 e. The number of anilines is 1. The van der Waals surface area contributed by atoms with E-state index in [0.717, 1.165) is 6.54 Å². The number of aryl methyl sites for hydroxylation is 1. The number of ether oxygens (including phenoxy) is 1. The van der Waals surface area contributed by atoms with Crippen LogP contribution in [0.15, 0.2) is 36.4 Å². The number of nitrogens with one attached hydrogen (secondary N) is 1. The second kappa shape index (κ2) is 9.89. The van der Waals surface area contributed by atoms with E-state index in [1.165, 1.54) is 17.4 Å². The van der Waals surface area contributed by atoms with Crippen molar-refractivity contribution in [2.24, 2.45) is 0 Å². The van der Waals surface area contributed by atoms with Gasteiger partial charge in [0.1, 0.15) is 5.69 Å². The number of halogens is 2. The molecule has 2 aromatic heterocycles. The summed E-state index contributed by atoms with van der Waals surface area (Å²) in [6.07, 6.45) is -2.75. The number of hydrogen-bond donors (Lipinski definition) is 1. The average Bonchev–Trinajstić information content (AvgIpc) is 3.49. The van der Waals surface area contributed by atoms with E-state index in [4.69, 9.17) is 4.74 Å². The molecule has 0 aliphatic carbocycles. The molecule has 8 nitrogen and oxygen atoms in total. The van der Waals surface area contributed by atoms with Crippen LogP contribution in [0.1, 0.15) is 23.4 Å². The van der Waals surface area contributed by atoms with Gasteiger partial charge >= 0.3 is 6.03 Å². The van der Waals surface area contributed by atoms with Gasteiger partial charge in [-0.05, 0) is 43.8 Å². The van der Waals surface area contributed by atoms with E-state index in [1.807, 2.05) is 7.05 Å². The number of nitrogens with zero attached hydrogens (tertiary/aromatic N) is 5. The first-order valence-corrected chi connectivity index (χ1v) is 12.3. The van der Waals surface area contributed by atoms with Crippen LogP contribution in [0.3, 0.4) is 0 Å². The van der Waals surface area contributed by atoms with Crippen molar-refractivity contribution in [3.05, 3.63) is 53.3 Å². The zero-order valence-corrected chi connectivity index (χ0v) is 20.6. The number of carbonyl (C=O) groups excluding carboxylic acids is 1. The molecule has 11 heteroatoms. The van der Waals surface area contributed by atoms with Crippen LogP contribution in [-0.2, 0) is 4.74 Å². The van der Waals surface area contributed by atoms with Gasteiger partial charge in [0.05, 0.1) is 47.5 Å². The number of thiazole rings is 1. The fraction of sp³-hybridized carbons (Fsp3) is 0.360. The van der Waals surface area contributed by atoms with Gasteiger partial charge in [0, 0.05) is 24.3 Å². The standard InChI is InChI=1S/C25H24F2N6O2S/c1-14-8-17(10-18(29-14)23(26)27)22-21(16-5-3-4-15(9-16)11-28)30-24(36-22)31-25(34)33-12-19-20(13-33)35-7-6-32(19)2/h3-5,8-10,19-20,23H,6-7,12-13H2,1-2H3,(H,30,31,34). The molecule has 1 N–H and O–H groups in total. The number of morpholine rings is 1. The Morgan fingerprint density at radius 3 is 2.83 bits per heavy atom. The molecule has 2 saturated heterocycles. The maximum absolute atomic E-state index is 13.5. The third kappa shape index (κ3) is 4.80. The van der Waals surface area contributed by atoms with Gasteiger partial charge in [-0.2, -0.15) is 5.26 Å². The van der Waals surface area contributed by atoms with Crippen LogP contribution in [0.4, 0.5) is 18.7 Å². The minimum absolute atomic E-state index is 0.0294. The number of urea groups is 1. The number of likely N-dealkylation sites (tertiary alicyclic amines) is 1. The van der Waals surface area contributed by atoms with Crippen LogP contribution >= 0.6 is 11.3 Å². The highest BCUT2D eigenvalue weighted by Gasteiger charge is 2.40. The van der Waals surface area contributed by atoms with E-state index >= 15 is 0 Å². The Morgan fingerprint density at radius 1 is 1.25 bits per heavy atom. The van der Waals surface area contributed by atoms with E-state index in [1.54, 1.807) is 42.2 Å². The van der Waals surface area contributed by atoms with Crippen LogP contribution in [0.5, 0.6) is 0 Å². The maximum Gasteiger partial charge on any atom is 0.323 e. The number of nitriles is 1. The minimum atomic E-state index is -2.72. The van der Waals surface area contributed by atoms with Gasteiger partial charge in [0.25, 0.3) is 6.43 Å². The molecule has 2 aliphatic rings. The molecule has 2 atom stereocenters. The van der Waals surface area contributed by atoms with Crippen molar-refractivity contribution in [3.63, 3.8) is 0 Å². The topological polar surface area (TPSA) is 94.4 Å². The summed E-state index contributed by atoms with van der Waals surface area (Å²) in [6.45, 7) is 4.14. The molecule has 186 valence electrons. The molecule has 0 saturated carbocycles. The molecule has 2 aliphatic heterocycles. The monoisotopic (exact) mass is 510 g/mol. The van der Waals surface area contributed by atoms with Crippen LogP contribution < -0.4 is 5.32 Å². The molecule has 2 amide bonds. The molecule has 1 aromatic carbocycles. The van der Waals surface area contributed by atoms with E-state index in [9.17, 15) is 18.8 Å². The van der Waals surface area contributed by atoms with Gasteiger partial charge < -0.3 is 9.64 Å². The largest absolute Gasteiger partial charge is 0.373 e. The van der Waals surface area contributed by atoms with Crippen LogP contribution in [-0.4, -0.2) is 71.2 Å². The number of carbonyl (C=O) groups is 1. The number of benzene rings is 1. The Morgan fingerprint density at radius 2 is 2.08 bits per heavy atom. The number of amides is 2. The van der Waals surface area contributed by atoms with Gasteiger partial charge in [0.15, 0.2) is 5.13 Å². The van der Waals surface area contributed by atoms with Crippen LogP contribution in [0, 0.1) is 18.3 Å². The summed E-state index contributed by atoms with van der Waals surface area (Å²) >= 11 is 1.20.